The summed E-state index contributed by atoms with van der Waals surface area (Å²) in [5, 5.41) is 8.53. The molecule has 0 aliphatic rings. The van der Waals surface area contributed by atoms with E-state index in [0.717, 1.165) is 6.07 Å². The highest BCUT2D eigenvalue weighted by Gasteiger charge is 2.34. The molecule has 1 aromatic carbocycles. The van der Waals surface area contributed by atoms with Gasteiger partial charge in [0, 0.05) is 0 Å². The summed E-state index contributed by atoms with van der Waals surface area (Å²) in [5.41, 5.74) is -1.20. The number of benzene rings is 1. The van der Waals surface area contributed by atoms with Gasteiger partial charge >= 0.3 is 12.1 Å². The van der Waals surface area contributed by atoms with Crippen LogP contribution >= 0.6 is 11.6 Å². The minimum Gasteiger partial charge on any atom is -0.480 e. The van der Waals surface area contributed by atoms with Gasteiger partial charge < -0.3 is 5.11 Å². The summed E-state index contributed by atoms with van der Waals surface area (Å²) in [4.78, 5) is 10.2. The van der Waals surface area contributed by atoms with E-state index in [-0.39, 0.29) is 0 Å². The number of alkyl halides is 3. The molecule has 0 aliphatic heterocycles. The number of halogens is 4. The first-order valence-corrected chi connectivity index (χ1v) is 7.84. The number of carboxylic acids is 1. The molecule has 0 bridgehead atoms. The van der Waals surface area contributed by atoms with Crippen LogP contribution in [0.3, 0.4) is 0 Å². The van der Waals surface area contributed by atoms with Crippen LogP contribution < -0.4 is 4.72 Å². The Labute approximate surface area is 130 Å². The number of carbonyl (C=O) groups is 1. The van der Waals surface area contributed by atoms with E-state index in [0.29, 0.717) is 12.1 Å². The van der Waals surface area contributed by atoms with Crippen LogP contribution in [0.5, 0.6) is 0 Å². The van der Waals surface area contributed by atoms with Crippen molar-refractivity contribution < 1.29 is 31.5 Å². The smallest absolute Gasteiger partial charge is 0.416 e. The molecular weight excluding hydrogens is 347 g/mol. The predicted octanol–water partition coefficient (Wildman–Crippen LogP) is 2.75. The number of hydrogen-bond acceptors (Lipinski definition) is 3. The Balaban J connectivity index is 3.31. The van der Waals surface area contributed by atoms with Gasteiger partial charge in [-0.15, -0.1) is 0 Å². The fourth-order valence-corrected chi connectivity index (χ4v) is 3.45. The highest BCUT2D eigenvalue weighted by atomic mass is 35.5. The van der Waals surface area contributed by atoms with Gasteiger partial charge in [0.15, 0.2) is 0 Å². The highest BCUT2D eigenvalue weighted by Crippen LogP contribution is 2.33. The van der Waals surface area contributed by atoms with E-state index in [2.05, 4.69) is 0 Å². The van der Waals surface area contributed by atoms with Gasteiger partial charge in [0.05, 0.1) is 10.6 Å². The molecule has 0 radical (unpaired) electrons. The molecule has 1 atom stereocenters. The first kappa shape index (κ1) is 18.7. The Morgan fingerprint density at radius 2 is 1.86 bits per heavy atom. The Hall–Kier alpha value is -1.32. The summed E-state index contributed by atoms with van der Waals surface area (Å²) in [6, 6.07) is 0.308. The monoisotopic (exact) mass is 359 g/mol. The topological polar surface area (TPSA) is 83.5 Å². The van der Waals surface area contributed by atoms with Gasteiger partial charge in [0.25, 0.3) is 0 Å². The van der Waals surface area contributed by atoms with Crippen LogP contribution in [-0.2, 0) is 21.0 Å². The minimum absolute atomic E-state index is 0.365. The van der Waals surface area contributed by atoms with Crippen LogP contribution in [0.4, 0.5) is 13.2 Å². The maximum absolute atomic E-state index is 12.7. The third-order valence-corrected chi connectivity index (χ3v) is 4.69. The van der Waals surface area contributed by atoms with E-state index in [9.17, 15) is 26.4 Å². The van der Waals surface area contributed by atoms with E-state index in [1.54, 1.807) is 0 Å². The van der Waals surface area contributed by atoms with Crippen molar-refractivity contribution in [2.45, 2.75) is 31.0 Å². The van der Waals surface area contributed by atoms with Crippen molar-refractivity contribution in [2.24, 2.45) is 5.92 Å². The van der Waals surface area contributed by atoms with Gasteiger partial charge in [-0.2, -0.15) is 17.9 Å². The normalized spacial score (nSPS) is 14.1. The largest absolute Gasteiger partial charge is 0.480 e. The number of carboxylic acid groups (broad SMARTS) is 1. The Kier molecular flexibility index (Phi) is 5.47. The molecule has 1 aromatic rings. The average Bonchev–Trinajstić information content (AvgIpc) is 2.34. The first-order chi connectivity index (χ1) is 9.86. The fraction of sp³-hybridized carbons (Fsp3) is 0.417. The summed E-state index contributed by atoms with van der Waals surface area (Å²) in [6.45, 7) is 2.91. The molecule has 2 N–H and O–H groups in total. The molecule has 10 heteroatoms. The first-order valence-electron chi connectivity index (χ1n) is 5.98. The molecule has 124 valence electrons. The number of nitrogens with one attached hydrogen (secondary N) is 1. The van der Waals surface area contributed by atoms with E-state index in [1.807, 2.05) is 4.72 Å². The van der Waals surface area contributed by atoms with Crippen molar-refractivity contribution in [1.82, 2.24) is 4.72 Å². The van der Waals surface area contributed by atoms with Crippen molar-refractivity contribution in [2.75, 3.05) is 0 Å². The molecule has 1 rings (SSSR count). The number of hydrogen-bond donors (Lipinski definition) is 2. The van der Waals surface area contributed by atoms with Crippen molar-refractivity contribution in [3.8, 4) is 0 Å². The van der Waals surface area contributed by atoms with Crippen LogP contribution in [-0.4, -0.2) is 25.5 Å². The molecule has 0 unspecified atom stereocenters. The van der Waals surface area contributed by atoms with Gasteiger partial charge in [-0.25, -0.2) is 8.42 Å². The molecule has 22 heavy (non-hydrogen) atoms. The molecule has 0 aliphatic carbocycles. The Morgan fingerprint density at radius 1 is 1.32 bits per heavy atom. The third kappa shape index (κ3) is 4.34. The standard InChI is InChI=1S/C12H13ClF3NO4S/c1-6(2)10(11(18)19)17-22(20,21)9-5-7(12(14,15)16)3-4-8(9)13/h3-6,10,17H,1-2H3,(H,18,19)/t10-/m0/s1. The third-order valence-electron chi connectivity index (χ3n) is 2.76. The zero-order valence-corrected chi connectivity index (χ0v) is 13.1. The summed E-state index contributed by atoms with van der Waals surface area (Å²) in [6.07, 6.45) is -4.75. The molecule has 0 amide bonds. The van der Waals surface area contributed by atoms with Gasteiger partial charge in [-0.3, -0.25) is 4.79 Å². The maximum atomic E-state index is 12.7. The zero-order valence-electron chi connectivity index (χ0n) is 11.5. The fourth-order valence-electron chi connectivity index (χ4n) is 1.59. The van der Waals surface area contributed by atoms with Gasteiger partial charge in [-0.05, 0) is 24.1 Å². The SMILES string of the molecule is CC(C)[C@H](NS(=O)(=O)c1cc(C(F)(F)F)ccc1Cl)C(=O)O. The highest BCUT2D eigenvalue weighted by molar-refractivity contribution is 7.89. The number of aliphatic carboxylic acids is 1. The van der Waals surface area contributed by atoms with E-state index in [4.69, 9.17) is 16.7 Å². The van der Waals surface area contributed by atoms with E-state index < -0.39 is 49.6 Å². The summed E-state index contributed by atoms with van der Waals surface area (Å²) < 4.78 is 64.1. The van der Waals surface area contributed by atoms with Crippen LogP contribution in [0.2, 0.25) is 5.02 Å². The lowest BCUT2D eigenvalue weighted by Gasteiger charge is -2.19. The quantitative estimate of drug-likeness (QED) is 0.846. The minimum atomic E-state index is -4.75. The molecule has 5 nitrogen and oxygen atoms in total. The van der Waals surface area contributed by atoms with Crippen LogP contribution in [0.15, 0.2) is 23.1 Å². The second-order valence-corrected chi connectivity index (χ2v) is 6.91. The zero-order chi connectivity index (χ0) is 17.3. The van der Waals surface area contributed by atoms with Crippen LogP contribution in [0.25, 0.3) is 0 Å². The predicted molar refractivity (Wildman–Crippen MR) is 73.0 cm³/mol. The lowest BCUT2D eigenvalue weighted by atomic mass is 10.1. The summed E-state index contributed by atoms with van der Waals surface area (Å²) in [5.74, 6) is -2.06. The van der Waals surface area contributed by atoms with Gasteiger partial charge in [0.1, 0.15) is 10.9 Å². The lowest BCUT2D eigenvalue weighted by molar-refractivity contribution is -0.140. The lowest BCUT2D eigenvalue weighted by Crippen LogP contribution is -2.44. The van der Waals surface area contributed by atoms with Crippen LogP contribution in [0.1, 0.15) is 19.4 Å². The molecule has 0 saturated carbocycles. The molecule has 0 fully saturated rings. The van der Waals surface area contributed by atoms with E-state index >= 15 is 0 Å². The molecule has 0 spiro atoms. The average molecular weight is 360 g/mol. The summed E-state index contributed by atoms with van der Waals surface area (Å²) in [7, 11) is -4.53. The molecule has 0 aromatic heterocycles. The summed E-state index contributed by atoms with van der Waals surface area (Å²) >= 11 is 5.64. The van der Waals surface area contributed by atoms with E-state index in [1.165, 1.54) is 13.8 Å². The molecule has 0 saturated heterocycles. The molecule has 0 heterocycles. The van der Waals surface area contributed by atoms with Crippen molar-refractivity contribution in [3.63, 3.8) is 0 Å². The second-order valence-electron chi connectivity index (χ2n) is 4.82. The Morgan fingerprint density at radius 3 is 2.27 bits per heavy atom. The molecular formula is C12H13ClF3NO4S. The van der Waals surface area contributed by atoms with Crippen LogP contribution in [0, 0.1) is 5.92 Å². The van der Waals surface area contributed by atoms with Crippen molar-refractivity contribution in [3.05, 3.63) is 28.8 Å². The van der Waals surface area contributed by atoms with Gasteiger partial charge in [0.2, 0.25) is 10.0 Å². The van der Waals surface area contributed by atoms with Crippen molar-refractivity contribution in [1.29, 1.82) is 0 Å². The second kappa shape index (κ2) is 6.43. The van der Waals surface area contributed by atoms with Gasteiger partial charge in [-0.1, -0.05) is 25.4 Å². The number of sulfonamides is 1. The maximum Gasteiger partial charge on any atom is 0.416 e. The van der Waals surface area contributed by atoms with Crippen molar-refractivity contribution >= 4 is 27.6 Å². The Bertz CT molecular complexity index is 673. The number of rotatable bonds is 5.